The minimum Gasteiger partial charge on any atom is -0.508 e. The molecule has 25 heavy (non-hydrogen) atoms. The Labute approximate surface area is 151 Å². The summed E-state index contributed by atoms with van der Waals surface area (Å²) in [6.07, 6.45) is 5.96. The van der Waals surface area contributed by atoms with Crippen LogP contribution in [0.15, 0.2) is 30.3 Å². The van der Waals surface area contributed by atoms with Crippen molar-refractivity contribution >= 4 is 23.4 Å². The van der Waals surface area contributed by atoms with E-state index in [1.807, 2.05) is 23.7 Å². The molecular formula is C19H21N3O2S. The minimum atomic E-state index is 0.100. The Morgan fingerprint density at radius 1 is 1.08 bits per heavy atom. The molecule has 1 aliphatic rings. The molecule has 6 heteroatoms. The van der Waals surface area contributed by atoms with Crippen LogP contribution >= 0.6 is 12.2 Å². The molecule has 0 atom stereocenters. The number of imidazole rings is 1. The Balaban J connectivity index is 1.92. The predicted octanol–water partition coefficient (Wildman–Crippen LogP) is 4.69. The Morgan fingerprint density at radius 2 is 1.84 bits per heavy atom. The lowest BCUT2D eigenvalue weighted by atomic mass is 9.95. The van der Waals surface area contributed by atoms with Gasteiger partial charge in [-0.05, 0) is 55.4 Å². The average molecular weight is 355 g/mol. The molecule has 2 heterocycles. The molecule has 130 valence electrons. The molecule has 0 saturated heterocycles. The fraction of sp³-hybridized carbons (Fsp3) is 0.368. The van der Waals surface area contributed by atoms with Gasteiger partial charge in [0.15, 0.2) is 10.4 Å². The number of rotatable bonds is 2. The highest BCUT2D eigenvalue weighted by atomic mass is 32.1. The molecule has 0 aliphatic heterocycles. The average Bonchev–Trinajstić information content (AvgIpc) is 2.88. The second-order valence-electron chi connectivity index (χ2n) is 6.74. The predicted molar refractivity (Wildman–Crippen MR) is 100 cm³/mol. The van der Waals surface area contributed by atoms with Gasteiger partial charge in [0.25, 0.3) is 0 Å². The summed E-state index contributed by atoms with van der Waals surface area (Å²) in [6, 6.07) is 8.70. The van der Waals surface area contributed by atoms with Crippen LogP contribution in [0.1, 0.15) is 38.1 Å². The number of hydrogen-bond donors (Lipinski definition) is 2. The SMILES string of the molecule is Cn1c(=S)n(C2CCCCC2)c2nc(-c3cc(O)ccc3O)ccc21. The van der Waals surface area contributed by atoms with Crippen molar-refractivity contribution in [1.82, 2.24) is 14.1 Å². The lowest BCUT2D eigenvalue weighted by molar-refractivity contribution is 0.354. The van der Waals surface area contributed by atoms with E-state index in [1.54, 1.807) is 0 Å². The number of benzene rings is 1. The summed E-state index contributed by atoms with van der Waals surface area (Å²) in [5.41, 5.74) is 2.98. The number of phenolic OH excluding ortho intramolecular Hbond substituents is 2. The highest BCUT2D eigenvalue weighted by molar-refractivity contribution is 7.71. The lowest BCUT2D eigenvalue weighted by Gasteiger charge is -2.23. The Morgan fingerprint density at radius 3 is 2.60 bits per heavy atom. The van der Waals surface area contributed by atoms with E-state index in [9.17, 15) is 10.2 Å². The first kappa shape index (κ1) is 16.1. The third-order valence-corrected chi connectivity index (χ3v) is 5.60. The Bertz CT molecular complexity index is 1000. The van der Waals surface area contributed by atoms with E-state index >= 15 is 0 Å². The van der Waals surface area contributed by atoms with Gasteiger partial charge < -0.3 is 14.8 Å². The number of phenols is 2. The van der Waals surface area contributed by atoms with Crippen LogP contribution in [0.3, 0.4) is 0 Å². The maximum absolute atomic E-state index is 10.2. The maximum Gasteiger partial charge on any atom is 0.181 e. The number of pyridine rings is 1. The van der Waals surface area contributed by atoms with E-state index < -0.39 is 0 Å². The fourth-order valence-corrected chi connectivity index (χ4v) is 4.12. The number of aromatic hydroxyl groups is 2. The van der Waals surface area contributed by atoms with Crippen LogP contribution in [0.25, 0.3) is 22.4 Å². The number of nitrogens with zero attached hydrogens (tertiary/aromatic N) is 3. The molecule has 5 nitrogen and oxygen atoms in total. The molecule has 3 aromatic rings. The van der Waals surface area contributed by atoms with Gasteiger partial charge in [0.05, 0.1) is 11.2 Å². The Kier molecular flexibility index (Phi) is 4.00. The number of hydrogen-bond acceptors (Lipinski definition) is 4. The van der Waals surface area contributed by atoms with Crippen LogP contribution in [0.5, 0.6) is 11.5 Å². The molecular weight excluding hydrogens is 334 g/mol. The van der Waals surface area contributed by atoms with E-state index in [2.05, 4.69) is 4.57 Å². The largest absolute Gasteiger partial charge is 0.508 e. The normalized spacial score (nSPS) is 15.7. The van der Waals surface area contributed by atoms with Gasteiger partial charge in [-0.25, -0.2) is 4.98 Å². The quantitative estimate of drug-likeness (QED) is 0.517. The maximum atomic E-state index is 10.2. The van der Waals surface area contributed by atoms with Crippen LogP contribution < -0.4 is 0 Å². The fourth-order valence-electron chi connectivity index (χ4n) is 3.78. The second-order valence-corrected chi connectivity index (χ2v) is 7.11. The van der Waals surface area contributed by atoms with E-state index in [0.717, 1.165) is 28.8 Å². The van der Waals surface area contributed by atoms with Crippen molar-refractivity contribution in [2.75, 3.05) is 0 Å². The first-order valence-electron chi connectivity index (χ1n) is 8.66. The number of fused-ring (bicyclic) bond motifs is 1. The number of aromatic nitrogens is 3. The summed E-state index contributed by atoms with van der Waals surface area (Å²) in [5, 5.41) is 19.9. The van der Waals surface area contributed by atoms with Crippen molar-refractivity contribution in [2.45, 2.75) is 38.1 Å². The third kappa shape index (κ3) is 2.70. The first-order chi connectivity index (χ1) is 12.1. The first-order valence-corrected chi connectivity index (χ1v) is 9.07. The van der Waals surface area contributed by atoms with E-state index in [4.69, 9.17) is 17.2 Å². The minimum absolute atomic E-state index is 0.100. The van der Waals surface area contributed by atoms with Gasteiger partial charge in [0.1, 0.15) is 11.5 Å². The molecule has 2 aromatic heterocycles. The highest BCUT2D eigenvalue weighted by Crippen LogP contribution is 2.35. The Hall–Kier alpha value is -2.34. The molecule has 0 spiro atoms. The molecule has 0 bridgehead atoms. The van der Waals surface area contributed by atoms with Crippen molar-refractivity contribution in [3.63, 3.8) is 0 Å². The summed E-state index contributed by atoms with van der Waals surface area (Å²) < 4.78 is 4.96. The topological polar surface area (TPSA) is 63.2 Å². The molecule has 1 aliphatic carbocycles. The molecule has 1 aromatic carbocycles. The monoisotopic (exact) mass is 355 g/mol. The zero-order chi connectivity index (χ0) is 17.6. The molecule has 4 rings (SSSR count). The van der Waals surface area contributed by atoms with Gasteiger partial charge in [-0.3, -0.25) is 4.57 Å². The van der Waals surface area contributed by atoms with Crippen LogP contribution in [0.2, 0.25) is 0 Å². The summed E-state index contributed by atoms with van der Waals surface area (Å²) in [5.74, 6) is 0.204. The zero-order valence-corrected chi connectivity index (χ0v) is 15.0. The van der Waals surface area contributed by atoms with Crippen molar-refractivity contribution in [3.8, 4) is 22.8 Å². The second kappa shape index (κ2) is 6.19. The standard InChI is InChI=1S/C19H21N3O2S/c1-21-16-9-8-15(14-11-13(23)7-10-17(14)24)20-18(16)22(19(21)25)12-5-3-2-4-6-12/h7-12,23-24H,2-6H2,1H3. The molecule has 0 unspecified atom stereocenters. The van der Waals surface area contributed by atoms with Crippen LogP contribution in [-0.4, -0.2) is 24.3 Å². The van der Waals surface area contributed by atoms with Crippen LogP contribution in [0.4, 0.5) is 0 Å². The van der Waals surface area contributed by atoms with Gasteiger partial charge >= 0.3 is 0 Å². The van der Waals surface area contributed by atoms with Gasteiger partial charge in [0, 0.05) is 18.7 Å². The van der Waals surface area contributed by atoms with Gasteiger partial charge in [-0.1, -0.05) is 19.3 Å². The summed E-state index contributed by atoms with van der Waals surface area (Å²) >= 11 is 5.68. The smallest absolute Gasteiger partial charge is 0.181 e. The van der Waals surface area contributed by atoms with E-state index in [-0.39, 0.29) is 11.5 Å². The molecule has 1 saturated carbocycles. The van der Waals surface area contributed by atoms with Gasteiger partial charge in [-0.15, -0.1) is 0 Å². The summed E-state index contributed by atoms with van der Waals surface area (Å²) in [7, 11) is 1.97. The molecule has 1 fully saturated rings. The van der Waals surface area contributed by atoms with Gasteiger partial charge in [-0.2, -0.15) is 0 Å². The van der Waals surface area contributed by atoms with Crippen molar-refractivity contribution in [1.29, 1.82) is 0 Å². The lowest BCUT2D eigenvalue weighted by Crippen LogP contribution is -2.13. The summed E-state index contributed by atoms with van der Waals surface area (Å²) in [4.78, 5) is 4.81. The van der Waals surface area contributed by atoms with Gasteiger partial charge in [0.2, 0.25) is 0 Å². The molecule has 0 radical (unpaired) electrons. The van der Waals surface area contributed by atoms with Crippen LogP contribution in [-0.2, 0) is 7.05 Å². The third-order valence-electron chi connectivity index (χ3n) is 5.13. The number of aryl methyl sites for hydroxylation is 1. The van der Waals surface area contributed by atoms with E-state index in [0.29, 0.717) is 17.3 Å². The van der Waals surface area contributed by atoms with Crippen LogP contribution in [0, 0.1) is 4.77 Å². The highest BCUT2D eigenvalue weighted by Gasteiger charge is 2.21. The van der Waals surface area contributed by atoms with Crippen molar-refractivity contribution in [3.05, 3.63) is 35.1 Å². The van der Waals surface area contributed by atoms with Crippen molar-refractivity contribution in [2.24, 2.45) is 7.05 Å². The molecule has 0 amide bonds. The zero-order valence-electron chi connectivity index (χ0n) is 14.1. The summed E-state index contributed by atoms with van der Waals surface area (Å²) in [6.45, 7) is 0. The molecule has 2 N–H and O–H groups in total. The van der Waals surface area contributed by atoms with E-state index in [1.165, 1.54) is 37.5 Å². The van der Waals surface area contributed by atoms with Crippen molar-refractivity contribution < 1.29 is 10.2 Å².